The summed E-state index contributed by atoms with van der Waals surface area (Å²) in [5.41, 5.74) is 2.88. The summed E-state index contributed by atoms with van der Waals surface area (Å²) in [6.45, 7) is 7.56. The normalized spacial score (nSPS) is 12.1. The fourth-order valence-corrected chi connectivity index (χ4v) is 4.05. The van der Waals surface area contributed by atoms with Gasteiger partial charge in [-0.15, -0.1) is 0 Å². The van der Waals surface area contributed by atoms with E-state index >= 15 is 0 Å². The van der Waals surface area contributed by atoms with Crippen LogP contribution in [0.15, 0.2) is 57.7 Å². The zero-order valence-electron chi connectivity index (χ0n) is 18.4. The maximum absolute atomic E-state index is 12.7. The molecule has 0 aliphatic carbocycles. The Labute approximate surface area is 184 Å². The number of esters is 1. The fraction of sp³-hybridized carbons (Fsp3) is 0.240. The van der Waals surface area contributed by atoms with Crippen molar-refractivity contribution in [1.82, 2.24) is 4.57 Å². The summed E-state index contributed by atoms with van der Waals surface area (Å²) in [5.74, 6) is -1.01. The first-order valence-electron chi connectivity index (χ1n) is 10.4. The number of nitrogens with zero attached hydrogens (tertiary/aromatic N) is 1. The van der Waals surface area contributed by atoms with Crippen molar-refractivity contribution in [1.29, 1.82) is 0 Å². The van der Waals surface area contributed by atoms with Gasteiger partial charge in [-0.3, -0.25) is 4.79 Å². The molecule has 0 aliphatic rings. The summed E-state index contributed by atoms with van der Waals surface area (Å²) in [4.78, 5) is 36.7. The second-order valence-corrected chi connectivity index (χ2v) is 7.71. The third-order valence-corrected chi connectivity index (χ3v) is 5.55. The molecule has 0 saturated carbocycles. The van der Waals surface area contributed by atoms with Crippen LogP contribution in [0.3, 0.4) is 0 Å². The van der Waals surface area contributed by atoms with Crippen LogP contribution in [0, 0.1) is 13.8 Å². The third kappa shape index (κ3) is 3.77. The highest BCUT2D eigenvalue weighted by Crippen LogP contribution is 2.31. The van der Waals surface area contributed by atoms with Gasteiger partial charge in [0.05, 0.1) is 0 Å². The monoisotopic (exact) mass is 432 g/mol. The number of hydrogen-bond donors (Lipinski definition) is 1. The van der Waals surface area contributed by atoms with Crippen molar-refractivity contribution in [3.8, 4) is 0 Å². The molecule has 1 unspecified atom stereocenters. The Morgan fingerprint density at radius 1 is 1.06 bits per heavy atom. The van der Waals surface area contributed by atoms with Crippen molar-refractivity contribution in [2.24, 2.45) is 0 Å². The van der Waals surface area contributed by atoms with E-state index in [0.29, 0.717) is 11.3 Å². The number of aromatic nitrogens is 1. The quantitative estimate of drug-likeness (QED) is 0.467. The van der Waals surface area contributed by atoms with Crippen molar-refractivity contribution >= 4 is 39.4 Å². The highest BCUT2D eigenvalue weighted by molar-refractivity contribution is 6.10. The number of ether oxygens (including phenoxy) is 1. The molecule has 164 valence electrons. The van der Waals surface area contributed by atoms with Gasteiger partial charge in [-0.25, -0.2) is 9.59 Å². The largest absolute Gasteiger partial charge is 0.449 e. The lowest BCUT2D eigenvalue weighted by molar-refractivity contribution is -0.123. The number of benzene rings is 2. The highest BCUT2D eigenvalue weighted by Gasteiger charge is 2.23. The van der Waals surface area contributed by atoms with E-state index in [-0.39, 0.29) is 11.3 Å². The minimum atomic E-state index is -1.04. The first-order valence-corrected chi connectivity index (χ1v) is 10.4. The SMILES string of the molecule is CCn1c2ccccc2c2cc(NC(=O)C(C)OC(=O)c3c(C)cc(=O)oc3C)ccc21. The number of amides is 1. The molecule has 4 aromatic rings. The Bertz CT molecular complexity index is 1390. The van der Waals surface area contributed by atoms with Crippen LogP contribution in [-0.4, -0.2) is 22.5 Å². The van der Waals surface area contributed by atoms with Crippen molar-refractivity contribution in [2.75, 3.05) is 5.32 Å². The van der Waals surface area contributed by atoms with Crippen LogP contribution in [0.25, 0.3) is 21.8 Å². The van der Waals surface area contributed by atoms with E-state index in [1.807, 2.05) is 30.3 Å². The predicted molar refractivity (Wildman–Crippen MR) is 123 cm³/mol. The summed E-state index contributed by atoms with van der Waals surface area (Å²) >= 11 is 0. The van der Waals surface area contributed by atoms with Crippen molar-refractivity contribution in [3.63, 3.8) is 0 Å². The van der Waals surface area contributed by atoms with Gasteiger partial charge < -0.3 is 19.0 Å². The van der Waals surface area contributed by atoms with Crippen LogP contribution >= 0.6 is 0 Å². The molecule has 0 spiro atoms. The summed E-state index contributed by atoms with van der Waals surface area (Å²) < 4.78 is 12.5. The standard InChI is InChI=1S/C25H24N2O5/c1-5-27-20-9-7-6-8-18(20)19-13-17(10-11-21(19)27)26-24(29)16(4)32-25(30)23-14(2)12-22(28)31-15(23)3/h6-13,16H,5H2,1-4H3,(H,26,29). The molecule has 0 aliphatic heterocycles. The van der Waals surface area contributed by atoms with Gasteiger partial charge in [0, 0.05) is 40.1 Å². The number of carbonyl (C=O) groups is 2. The van der Waals surface area contributed by atoms with Gasteiger partial charge in [0.1, 0.15) is 11.3 Å². The molecule has 1 atom stereocenters. The minimum Gasteiger partial charge on any atom is -0.449 e. The molecular weight excluding hydrogens is 408 g/mol. The van der Waals surface area contributed by atoms with E-state index in [2.05, 4.69) is 28.9 Å². The number of nitrogens with one attached hydrogen (secondary N) is 1. The van der Waals surface area contributed by atoms with Crippen molar-refractivity contribution in [3.05, 3.63) is 75.8 Å². The average Bonchev–Trinajstić information content (AvgIpc) is 3.06. The Morgan fingerprint density at radius 2 is 1.78 bits per heavy atom. The van der Waals surface area contributed by atoms with Crippen molar-refractivity contribution < 1.29 is 18.7 Å². The van der Waals surface area contributed by atoms with E-state index in [0.717, 1.165) is 28.4 Å². The molecule has 1 N–H and O–H groups in total. The van der Waals surface area contributed by atoms with Crippen LogP contribution in [0.1, 0.15) is 35.5 Å². The Hall–Kier alpha value is -3.87. The molecule has 2 heterocycles. The Morgan fingerprint density at radius 3 is 2.50 bits per heavy atom. The number of rotatable bonds is 5. The molecular formula is C25H24N2O5. The minimum absolute atomic E-state index is 0.151. The summed E-state index contributed by atoms with van der Waals surface area (Å²) in [5, 5.41) is 4.97. The summed E-state index contributed by atoms with van der Waals surface area (Å²) in [6.07, 6.45) is -1.04. The van der Waals surface area contributed by atoms with Crippen LogP contribution in [0.2, 0.25) is 0 Å². The highest BCUT2D eigenvalue weighted by atomic mass is 16.5. The maximum Gasteiger partial charge on any atom is 0.342 e. The van der Waals surface area contributed by atoms with E-state index in [1.54, 1.807) is 6.92 Å². The van der Waals surface area contributed by atoms with Crippen LogP contribution in [0.5, 0.6) is 0 Å². The van der Waals surface area contributed by atoms with Gasteiger partial charge in [-0.1, -0.05) is 18.2 Å². The topological polar surface area (TPSA) is 90.5 Å². The molecule has 0 saturated heterocycles. The van der Waals surface area contributed by atoms with Crippen LogP contribution in [-0.2, 0) is 16.1 Å². The first kappa shape index (κ1) is 21.4. The van der Waals surface area contributed by atoms with Crippen LogP contribution < -0.4 is 10.9 Å². The van der Waals surface area contributed by atoms with E-state index in [1.165, 1.54) is 19.9 Å². The van der Waals surface area contributed by atoms with Gasteiger partial charge in [0.15, 0.2) is 6.10 Å². The molecule has 1 amide bonds. The molecule has 0 bridgehead atoms. The van der Waals surface area contributed by atoms with E-state index < -0.39 is 23.6 Å². The molecule has 2 aromatic heterocycles. The van der Waals surface area contributed by atoms with Gasteiger partial charge in [0.2, 0.25) is 0 Å². The predicted octanol–water partition coefficient (Wildman–Crippen LogP) is 4.57. The number of hydrogen-bond acceptors (Lipinski definition) is 5. The zero-order valence-corrected chi connectivity index (χ0v) is 18.4. The first-order chi connectivity index (χ1) is 15.3. The van der Waals surface area contributed by atoms with Crippen molar-refractivity contribution in [2.45, 2.75) is 40.3 Å². The van der Waals surface area contributed by atoms with Crippen LogP contribution in [0.4, 0.5) is 5.69 Å². The number of carbonyl (C=O) groups excluding carboxylic acids is 2. The number of aryl methyl sites for hydroxylation is 3. The molecule has 0 radical (unpaired) electrons. The lowest BCUT2D eigenvalue weighted by Gasteiger charge is -2.15. The number of para-hydroxylation sites is 1. The molecule has 32 heavy (non-hydrogen) atoms. The van der Waals surface area contributed by atoms with E-state index in [4.69, 9.17) is 9.15 Å². The Kier molecular flexibility index (Phi) is 5.57. The molecule has 7 nitrogen and oxygen atoms in total. The smallest absolute Gasteiger partial charge is 0.342 e. The lowest BCUT2D eigenvalue weighted by atomic mass is 10.1. The maximum atomic E-state index is 12.7. The third-order valence-electron chi connectivity index (χ3n) is 5.55. The summed E-state index contributed by atoms with van der Waals surface area (Å²) in [6, 6.07) is 15.1. The molecule has 2 aromatic carbocycles. The van der Waals surface area contributed by atoms with Gasteiger partial charge in [0.25, 0.3) is 5.91 Å². The zero-order chi connectivity index (χ0) is 23.0. The van der Waals surface area contributed by atoms with Gasteiger partial charge in [-0.05, 0) is 57.5 Å². The van der Waals surface area contributed by atoms with Gasteiger partial charge >= 0.3 is 11.6 Å². The number of anilines is 1. The fourth-order valence-electron chi connectivity index (χ4n) is 4.05. The Balaban J connectivity index is 1.55. The average molecular weight is 432 g/mol. The molecule has 7 heteroatoms. The molecule has 0 fully saturated rings. The van der Waals surface area contributed by atoms with E-state index in [9.17, 15) is 14.4 Å². The summed E-state index contributed by atoms with van der Waals surface area (Å²) in [7, 11) is 0. The number of fused-ring (bicyclic) bond motifs is 3. The van der Waals surface area contributed by atoms with Gasteiger partial charge in [-0.2, -0.15) is 0 Å². The second-order valence-electron chi connectivity index (χ2n) is 7.71. The molecule has 4 rings (SSSR count). The lowest BCUT2D eigenvalue weighted by Crippen LogP contribution is -2.30. The second kappa shape index (κ2) is 8.34.